The normalized spacial score (nSPS) is 13.1. The number of aromatic carboxylic acids is 1. The van der Waals surface area contributed by atoms with Gasteiger partial charge >= 0.3 is 5.97 Å². The van der Waals surface area contributed by atoms with E-state index in [4.69, 9.17) is 9.47 Å². The third-order valence-corrected chi connectivity index (χ3v) is 6.36. The van der Waals surface area contributed by atoms with Crippen molar-refractivity contribution >= 4 is 11.9 Å². The molecule has 9 nitrogen and oxygen atoms in total. The number of carboxylic acids is 1. The Balaban J connectivity index is 1.84. The molecule has 36 heavy (non-hydrogen) atoms. The van der Waals surface area contributed by atoms with Gasteiger partial charge in [0.05, 0.1) is 31.2 Å². The lowest BCUT2D eigenvalue weighted by molar-refractivity contribution is 0.0689. The second kappa shape index (κ2) is 10.4. The van der Waals surface area contributed by atoms with E-state index in [2.05, 4.69) is 5.10 Å². The largest absolute Gasteiger partial charge is 0.496 e. The predicted molar refractivity (Wildman–Crippen MR) is 137 cm³/mol. The number of likely N-dealkylation sites (N-methyl/N-ethyl adjacent to an activating group) is 2. The van der Waals surface area contributed by atoms with Gasteiger partial charge in [-0.3, -0.25) is 4.79 Å². The number of methoxy groups -OCH3 is 2. The monoisotopic (exact) mass is 492 g/mol. The summed E-state index contributed by atoms with van der Waals surface area (Å²) in [5.41, 5.74) is 3.35. The number of aromatic nitrogens is 2. The third kappa shape index (κ3) is 5.06. The molecule has 1 saturated carbocycles. The van der Waals surface area contributed by atoms with Crippen LogP contribution in [-0.2, 0) is 0 Å². The molecule has 0 bridgehead atoms. The Kier molecular flexibility index (Phi) is 7.30. The quantitative estimate of drug-likeness (QED) is 0.460. The van der Waals surface area contributed by atoms with Crippen molar-refractivity contribution in [1.82, 2.24) is 19.6 Å². The first-order valence-corrected chi connectivity index (χ1v) is 11.8. The van der Waals surface area contributed by atoms with Crippen molar-refractivity contribution in [3.63, 3.8) is 0 Å². The van der Waals surface area contributed by atoms with Crippen LogP contribution in [-0.4, -0.2) is 85.0 Å². The molecule has 1 amide bonds. The van der Waals surface area contributed by atoms with Gasteiger partial charge in [-0.05, 0) is 74.8 Å². The molecule has 1 aromatic heterocycles. The summed E-state index contributed by atoms with van der Waals surface area (Å²) in [4.78, 5) is 28.8. The van der Waals surface area contributed by atoms with Crippen LogP contribution >= 0.6 is 0 Å². The summed E-state index contributed by atoms with van der Waals surface area (Å²) in [5, 5.41) is 14.2. The number of rotatable bonds is 10. The number of ether oxygens (including phenoxy) is 2. The van der Waals surface area contributed by atoms with E-state index in [0.29, 0.717) is 34.9 Å². The van der Waals surface area contributed by atoms with Crippen LogP contribution in [0.4, 0.5) is 0 Å². The van der Waals surface area contributed by atoms with E-state index >= 15 is 0 Å². The van der Waals surface area contributed by atoms with E-state index < -0.39 is 5.97 Å². The molecular weight excluding hydrogens is 460 g/mol. The van der Waals surface area contributed by atoms with Gasteiger partial charge in [0.1, 0.15) is 11.5 Å². The number of carbonyl (C=O) groups is 2. The average Bonchev–Trinajstić information content (AvgIpc) is 3.63. The van der Waals surface area contributed by atoms with Gasteiger partial charge in [-0.25, -0.2) is 9.48 Å². The summed E-state index contributed by atoms with van der Waals surface area (Å²) >= 11 is 0. The second-order valence-corrected chi connectivity index (χ2v) is 9.25. The van der Waals surface area contributed by atoms with Crippen LogP contribution in [0.25, 0.3) is 16.9 Å². The maximum Gasteiger partial charge on any atom is 0.356 e. The summed E-state index contributed by atoms with van der Waals surface area (Å²) in [6.45, 7) is 1.39. The molecule has 0 atom stereocenters. The lowest BCUT2D eigenvalue weighted by Gasteiger charge is -2.21. The first-order valence-electron chi connectivity index (χ1n) is 11.8. The Labute approximate surface area is 210 Å². The first-order chi connectivity index (χ1) is 17.2. The van der Waals surface area contributed by atoms with Crippen molar-refractivity contribution in [3.05, 3.63) is 59.3 Å². The number of carboxylic acid groups (broad SMARTS) is 1. The van der Waals surface area contributed by atoms with Crippen molar-refractivity contribution in [3.8, 4) is 28.4 Å². The molecule has 4 rings (SSSR count). The first kappa shape index (κ1) is 25.2. The minimum atomic E-state index is -1.13. The van der Waals surface area contributed by atoms with Gasteiger partial charge in [-0.2, -0.15) is 5.10 Å². The lowest BCUT2D eigenvalue weighted by Crippen LogP contribution is -2.33. The van der Waals surface area contributed by atoms with E-state index in [1.54, 1.807) is 49.0 Å². The SMILES string of the molecule is COc1cccc(OC)c1-c1cc(C(=O)O)nn1-c1ccc(C(=O)N(C)CCN(C)C)cc1C1CC1. The number of nitrogens with zero attached hydrogens (tertiary/aromatic N) is 4. The second-order valence-electron chi connectivity index (χ2n) is 9.25. The van der Waals surface area contributed by atoms with E-state index in [0.717, 1.165) is 30.6 Å². The maximum absolute atomic E-state index is 13.1. The van der Waals surface area contributed by atoms with Crippen LogP contribution in [0.2, 0.25) is 0 Å². The van der Waals surface area contributed by atoms with E-state index in [1.165, 1.54) is 6.07 Å². The van der Waals surface area contributed by atoms with Crippen molar-refractivity contribution in [2.45, 2.75) is 18.8 Å². The van der Waals surface area contributed by atoms with E-state index in [9.17, 15) is 14.7 Å². The highest BCUT2D eigenvalue weighted by atomic mass is 16.5. The van der Waals surface area contributed by atoms with E-state index in [-0.39, 0.29) is 17.5 Å². The molecule has 0 spiro atoms. The average molecular weight is 493 g/mol. The van der Waals surface area contributed by atoms with Crippen LogP contribution < -0.4 is 9.47 Å². The standard InChI is InChI=1S/C27H32N4O5/c1-29(2)13-14-30(3)26(32)18-11-12-21(19(15-18)17-9-10-17)31-22(16-20(28-31)27(33)34)25-23(35-4)7-6-8-24(25)36-5/h6-8,11-12,15-17H,9-10,13-14H2,1-5H3,(H,33,34). The molecule has 9 heteroatoms. The Morgan fingerprint density at radius 2 is 1.69 bits per heavy atom. The third-order valence-electron chi connectivity index (χ3n) is 6.36. The number of carbonyl (C=O) groups excluding carboxylic acids is 1. The summed E-state index contributed by atoms with van der Waals surface area (Å²) < 4.78 is 12.8. The van der Waals surface area contributed by atoms with Crippen LogP contribution in [0, 0.1) is 0 Å². The molecule has 0 unspecified atom stereocenters. The van der Waals surface area contributed by atoms with Crippen molar-refractivity contribution in [1.29, 1.82) is 0 Å². The number of hydrogen-bond acceptors (Lipinski definition) is 6. The fourth-order valence-corrected chi connectivity index (χ4v) is 4.22. The molecule has 190 valence electrons. The number of benzene rings is 2. The zero-order valence-corrected chi connectivity index (χ0v) is 21.3. The zero-order valence-electron chi connectivity index (χ0n) is 21.3. The summed E-state index contributed by atoms with van der Waals surface area (Å²) in [7, 11) is 8.86. The van der Waals surface area contributed by atoms with Gasteiger partial charge in [-0.1, -0.05) is 6.07 Å². The minimum Gasteiger partial charge on any atom is -0.496 e. The molecule has 0 aliphatic heterocycles. The Bertz CT molecular complexity index is 1260. The summed E-state index contributed by atoms with van der Waals surface area (Å²) in [5.74, 6) is 0.170. The Morgan fingerprint density at radius 1 is 1.03 bits per heavy atom. The molecule has 1 fully saturated rings. The number of amides is 1. The van der Waals surface area contributed by atoms with E-state index in [1.807, 2.05) is 37.2 Å². The highest BCUT2D eigenvalue weighted by Gasteiger charge is 2.30. The lowest BCUT2D eigenvalue weighted by atomic mass is 10.0. The summed E-state index contributed by atoms with van der Waals surface area (Å²) in [6, 6.07) is 12.5. The van der Waals surface area contributed by atoms with Crippen LogP contribution in [0.3, 0.4) is 0 Å². The highest BCUT2D eigenvalue weighted by molar-refractivity contribution is 5.95. The topological polar surface area (TPSA) is 97.1 Å². The van der Waals surface area contributed by atoms with Crippen LogP contribution in [0.15, 0.2) is 42.5 Å². The van der Waals surface area contributed by atoms with Gasteiger partial charge in [0.25, 0.3) is 5.91 Å². The smallest absolute Gasteiger partial charge is 0.356 e. The molecule has 1 heterocycles. The Morgan fingerprint density at radius 3 is 2.25 bits per heavy atom. The molecule has 1 N–H and O–H groups in total. The molecule has 2 aromatic carbocycles. The molecule has 3 aromatic rings. The maximum atomic E-state index is 13.1. The van der Waals surface area contributed by atoms with Crippen LogP contribution in [0.1, 0.15) is 45.2 Å². The highest BCUT2D eigenvalue weighted by Crippen LogP contribution is 2.45. The van der Waals surface area contributed by atoms with Crippen molar-refractivity contribution in [2.24, 2.45) is 0 Å². The van der Waals surface area contributed by atoms with Gasteiger partial charge in [0.15, 0.2) is 5.69 Å². The molecule has 1 aliphatic carbocycles. The molecule has 0 radical (unpaired) electrons. The summed E-state index contributed by atoms with van der Waals surface area (Å²) in [6.07, 6.45) is 2.00. The van der Waals surface area contributed by atoms with Gasteiger partial charge in [0, 0.05) is 25.7 Å². The van der Waals surface area contributed by atoms with Gasteiger partial charge < -0.3 is 24.4 Å². The fraction of sp³-hybridized carbons (Fsp3) is 0.370. The fourth-order valence-electron chi connectivity index (χ4n) is 4.22. The van der Waals surface area contributed by atoms with Crippen molar-refractivity contribution in [2.75, 3.05) is 48.5 Å². The molecule has 0 saturated heterocycles. The van der Waals surface area contributed by atoms with Crippen molar-refractivity contribution < 1.29 is 24.2 Å². The van der Waals surface area contributed by atoms with Gasteiger partial charge in [0.2, 0.25) is 0 Å². The number of hydrogen-bond donors (Lipinski definition) is 1. The predicted octanol–water partition coefficient (Wildman–Crippen LogP) is 3.77. The molecular formula is C27H32N4O5. The van der Waals surface area contributed by atoms with Gasteiger partial charge in [-0.15, -0.1) is 0 Å². The minimum absolute atomic E-state index is 0.0522. The Hall–Kier alpha value is -3.85. The zero-order chi connectivity index (χ0) is 26.0. The van der Waals surface area contributed by atoms with Crippen LogP contribution in [0.5, 0.6) is 11.5 Å². The molecule has 1 aliphatic rings.